The van der Waals surface area contributed by atoms with Crippen molar-refractivity contribution in [3.8, 4) is 45.5 Å². The number of benzene rings is 7. The van der Waals surface area contributed by atoms with Crippen molar-refractivity contribution < 1.29 is 13.7 Å². The van der Waals surface area contributed by atoms with E-state index in [1.54, 1.807) is 34.9 Å². The van der Waals surface area contributed by atoms with Crippen LogP contribution in [-0.4, -0.2) is 24.1 Å². The number of fused-ring (bicyclic) bond motifs is 7. The second-order valence-electron chi connectivity index (χ2n) is 11.7. The Labute approximate surface area is 302 Å². The van der Waals surface area contributed by atoms with Crippen molar-refractivity contribution in [3.05, 3.63) is 176 Å². The number of rotatable bonds is 5. The minimum Gasteiger partial charge on any atom is -0.307 e. The SMILES string of the molecule is [2H]c1c([2H])c([2H])c2c(c1[2H])c1c([2H])c([2H])c3c4c([2H])c([2H])c([2H])c([2H])c4n(-c4nc(-c5ccccc5)nc(-c5cccc(-c6ccccc6)c5)n4)c3c1n2-c1ccccc1. The lowest BCUT2D eigenvalue weighted by Gasteiger charge is -2.13. The van der Waals surface area contributed by atoms with Gasteiger partial charge in [0.05, 0.1) is 35.8 Å². The molecule has 3 aromatic heterocycles. The zero-order chi connectivity index (χ0) is 41.7. The van der Waals surface area contributed by atoms with Gasteiger partial charge < -0.3 is 4.57 Å². The van der Waals surface area contributed by atoms with Crippen LogP contribution in [0.1, 0.15) is 13.7 Å². The van der Waals surface area contributed by atoms with Gasteiger partial charge in [0.2, 0.25) is 5.95 Å². The summed E-state index contributed by atoms with van der Waals surface area (Å²) in [6.45, 7) is 0. The molecule has 0 amide bonds. The van der Waals surface area contributed by atoms with Crippen molar-refractivity contribution in [3.63, 3.8) is 0 Å². The largest absolute Gasteiger partial charge is 0.307 e. The predicted octanol–water partition coefficient (Wildman–Crippen LogP) is 11.1. The van der Waals surface area contributed by atoms with E-state index < -0.39 is 48.3 Å². The second-order valence-corrected chi connectivity index (χ2v) is 11.7. The quantitative estimate of drug-likeness (QED) is 0.186. The normalized spacial score (nSPS) is 14.4. The Bertz CT molecular complexity index is 3430. The summed E-state index contributed by atoms with van der Waals surface area (Å²) >= 11 is 0. The van der Waals surface area contributed by atoms with Gasteiger partial charge in [-0.25, -0.2) is 4.98 Å². The van der Waals surface area contributed by atoms with Gasteiger partial charge in [0.25, 0.3) is 0 Å². The summed E-state index contributed by atoms with van der Waals surface area (Å²) in [5.74, 6) is 0.436. The summed E-state index contributed by atoms with van der Waals surface area (Å²) < 4.78 is 94.1. The molecule has 0 saturated heterocycles. The van der Waals surface area contributed by atoms with Crippen LogP contribution in [0.3, 0.4) is 0 Å². The Kier molecular flexibility index (Phi) is 4.52. The van der Waals surface area contributed by atoms with Gasteiger partial charge in [-0.3, -0.25) is 4.57 Å². The Morgan fingerprint density at radius 3 is 1.56 bits per heavy atom. The molecule has 10 aromatic rings. The van der Waals surface area contributed by atoms with Crippen LogP contribution < -0.4 is 0 Å². The highest BCUT2D eigenvalue weighted by atomic mass is 15.2. The summed E-state index contributed by atoms with van der Waals surface area (Å²) in [4.78, 5) is 15.0. The van der Waals surface area contributed by atoms with Gasteiger partial charge in [-0.15, -0.1) is 0 Å². The third-order valence-electron chi connectivity index (χ3n) is 8.84. The van der Waals surface area contributed by atoms with Gasteiger partial charge in [-0.05, 0) is 41.4 Å². The summed E-state index contributed by atoms with van der Waals surface area (Å²) in [7, 11) is 0. The molecule has 0 fully saturated rings. The van der Waals surface area contributed by atoms with Crippen molar-refractivity contribution in [1.29, 1.82) is 0 Å². The molecular weight excluding hydrogens is 611 g/mol. The Morgan fingerprint density at radius 2 is 0.900 bits per heavy atom. The molecule has 5 heteroatoms. The Morgan fingerprint density at radius 1 is 0.400 bits per heavy atom. The Hall–Kier alpha value is -6.85. The van der Waals surface area contributed by atoms with E-state index in [1.165, 1.54) is 4.57 Å². The fourth-order valence-corrected chi connectivity index (χ4v) is 6.62. The van der Waals surface area contributed by atoms with Crippen molar-refractivity contribution in [1.82, 2.24) is 24.1 Å². The van der Waals surface area contributed by atoms with Crippen LogP contribution >= 0.6 is 0 Å². The molecule has 10 rings (SSSR count). The predicted molar refractivity (Wildman–Crippen MR) is 205 cm³/mol. The molecule has 50 heavy (non-hydrogen) atoms. The number of para-hydroxylation sites is 3. The zero-order valence-electron chi connectivity index (χ0n) is 36.2. The molecule has 0 aliphatic rings. The maximum absolute atomic E-state index is 9.58. The molecule has 3 heterocycles. The van der Waals surface area contributed by atoms with E-state index in [9.17, 15) is 6.85 Å². The molecule has 0 N–H and O–H groups in total. The summed E-state index contributed by atoms with van der Waals surface area (Å²) in [5.41, 5.74) is 3.87. The summed E-state index contributed by atoms with van der Waals surface area (Å²) in [5, 5.41) is -0.00407. The van der Waals surface area contributed by atoms with Crippen LogP contribution in [0, 0.1) is 0 Å². The third-order valence-corrected chi connectivity index (χ3v) is 8.84. The van der Waals surface area contributed by atoms with Crippen LogP contribution in [0.25, 0.3) is 89.2 Å². The van der Waals surface area contributed by atoms with Crippen molar-refractivity contribution in [2.24, 2.45) is 0 Å². The molecule has 0 bridgehead atoms. The molecule has 234 valence electrons. The number of aromatic nitrogens is 5. The maximum Gasteiger partial charge on any atom is 0.238 e. The first-order chi connectivity index (χ1) is 29.0. The van der Waals surface area contributed by atoms with Gasteiger partial charge in [-0.1, -0.05) is 145 Å². The van der Waals surface area contributed by atoms with E-state index in [1.807, 2.05) is 84.9 Å². The monoisotopic (exact) mass is 649 g/mol. The van der Waals surface area contributed by atoms with Gasteiger partial charge in [0.15, 0.2) is 11.6 Å². The lowest BCUT2D eigenvalue weighted by Crippen LogP contribution is -2.07. The van der Waals surface area contributed by atoms with Gasteiger partial charge in [-0.2, -0.15) is 9.97 Å². The Balaban J connectivity index is 1.46. The third kappa shape index (κ3) is 4.45. The smallest absolute Gasteiger partial charge is 0.238 e. The summed E-state index contributed by atoms with van der Waals surface area (Å²) in [6.07, 6.45) is 0. The molecule has 0 radical (unpaired) electrons. The van der Waals surface area contributed by atoms with Gasteiger partial charge in [0.1, 0.15) is 0 Å². The summed E-state index contributed by atoms with van der Waals surface area (Å²) in [6, 6.07) is 31.0. The first kappa shape index (κ1) is 19.8. The molecule has 7 aromatic carbocycles. The molecule has 5 nitrogen and oxygen atoms in total. The van der Waals surface area contributed by atoms with E-state index >= 15 is 0 Å². The van der Waals surface area contributed by atoms with Gasteiger partial charge in [0, 0.05) is 38.4 Å². The van der Waals surface area contributed by atoms with Crippen LogP contribution in [0.2, 0.25) is 0 Å². The number of hydrogen-bond donors (Lipinski definition) is 0. The van der Waals surface area contributed by atoms with Crippen molar-refractivity contribution >= 4 is 43.6 Å². The molecule has 0 saturated carbocycles. The second kappa shape index (κ2) is 11.4. The fraction of sp³-hybridized carbons (Fsp3) is 0. The highest BCUT2D eigenvalue weighted by molar-refractivity contribution is 6.23. The first-order valence-electron chi connectivity index (χ1n) is 21.0. The maximum atomic E-state index is 9.58. The van der Waals surface area contributed by atoms with E-state index in [4.69, 9.17) is 21.8 Å². The minimum absolute atomic E-state index is 0.000888. The van der Waals surface area contributed by atoms with E-state index in [-0.39, 0.29) is 73.3 Å². The van der Waals surface area contributed by atoms with Crippen LogP contribution in [-0.2, 0) is 0 Å². The molecule has 0 spiro atoms. The average molecular weight is 650 g/mol. The zero-order valence-corrected chi connectivity index (χ0v) is 26.2. The van der Waals surface area contributed by atoms with Crippen molar-refractivity contribution in [2.45, 2.75) is 0 Å². The molecule has 0 atom stereocenters. The minimum atomic E-state index is -0.542. The highest BCUT2D eigenvalue weighted by Crippen LogP contribution is 2.41. The molecular formula is C45H29N5. The van der Waals surface area contributed by atoms with Crippen LogP contribution in [0.15, 0.2) is 176 Å². The van der Waals surface area contributed by atoms with Crippen LogP contribution in [0.4, 0.5) is 0 Å². The standard InChI is InChI=1S/C45H29N5/c1-4-15-30(16-5-1)32-19-14-20-33(29-32)44-46-43(31-17-6-2-7-18-31)47-45(48-44)50-40-26-13-11-24-36(40)38-28-27-37-35-23-10-12-25-39(35)49(41(37)42(38)50)34-21-8-3-9-22-34/h1-29H/i10D,11D,12D,13D,23D,24D,25D,26D,27D,28D. The highest BCUT2D eigenvalue weighted by Gasteiger charge is 2.23. The molecule has 0 aliphatic heterocycles. The number of nitrogens with zero attached hydrogens (tertiary/aromatic N) is 5. The first-order valence-corrected chi connectivity index (χ1v) is 16.0. The van der Waals surface area contributed by atoms with Crippen molar-refractivity contribution in [2.75, 3.05) is 0 Å². The van der Waals surface area contributed by atoms with E-state index in [2.05, 4.69) is 0 Å². The fourth-order valence-electron chi connectivity index (χ4n) is 6.62. The van der Waals surface area contributed by atoms with E-state index in [0.717, 1.165) is 11.1 Å². The average Bonchev–Trinajstić information content (AvgIpc) is 3.84. The topological polar surface area (TPSA) is 48.5 Å². The van der Waals surface area contributed by atoms with Gasteiger partial charge >= 0.3 is 0 Å². The number of hydrogen-bond acceptors (Lipinski definition) is 3. The lowest BCUT2D eigenvalue weighted by molar-refractivity contribution is 0.953. The molecule has 0 unspecified atom stereocenters. The van der Waals surface area contributed by atoms with E-state index in [0.29, 0.717) is 16.8 Å². The van der Waals surface area contributed by atoms with Crippen LogP contribution in [0.5, 0.6) is 0 Å². The molecule has 0 aliphatic carbocycles. The lowest BCUT2D eigenvalue weighted by atomic mass is 10.0.